The number of rotatable bonds is 3. The minimum atomic E-state index is -0.664. The van der Waals surface area contributed by atoms with Crippen molar-refractivity contribution >= 4 is 27.7 Å². The average molecular weight is 323 g/mol. The van der Waals surface area contributed by atoms with E-state index in [4.69, 9.17) is 0 Å². The highest BCUT2D eigenvalue weighted by molar-refractivity contribution is 9.10. The summed E-state index contributed by atoms with van der Waals surface area (Å²) in [6.07, 6.45) is 0.300. The maximum atomic E-state index is 13.7. The van der Waals surface area contributed by atoms with Gasteiger partial charge in [-0.25, -0.2) is 8.78 Å². The van der Waals surface area contributed by atoms with E-state index in [0.717, 1.165) is 17.9 Å². The second-order valence-electron chi connectivity index (χ2n) is 4.22. The SMILES string of the molecule is OC(Cc1c(F)ccc(Br)c1F)C1CCSC1. The summed E-state index contributed by atoms with van der Waals surface area (Å²) in [5.74, 6) is 0.853. The van der Waals surface area contributed by atoms with E-state index >= 15 is 0 Å². The maximum Gasteiger partial charge on any atom is 0.143 e. The lowest BCUT2D eigenvalue weighted by Crippen LogP contribution is -2.23. The third kappa shape index (κ3) is 3.01. The fourth-order valence-corrected chi connectivity index (χ4v) is 3.69. The third-order valence-corrected chi connectivity index (χ3v) is 4.86. The van der Waals surface area contributed by atoms with Gasteiger partial charge in [0, 0.05) is 12.0 Å². The molecule has 1 saturated heterocycles. The summed E-state index contributed by atoms with van der Waals surface area (Å²) in [5, 5.41) is 9.98. The molecule has 17 heavy (non-hydrogen) atoms. The summed E-state index contributed by atoms with van der Waals surface area (Å²) in [5.41, 5.74) is -0.0243. The summed E-state index contributed by atoms with van der Waals surface area (Å²) in [4.78, 5) is 0. The van der Waals surface area contributed by atoms with Crippen LogP contribution in [0.15, 0.2) is 16.6 Å². The van der Waals surface area contributed by atoms with Crippen LogP contribution in [0.5, 0.6) is 0 Å². The normalized spacial score (nSPS) is 21.8. The van der Waals surface area contributed by atoms with E-state index < -0.39 is 17.7 Å². The first-order valence-electron chi connectivity index (χ1n) is 5.47. The molecule has 2 rings (SSSR count). The number of thioether (sulfide) groups is 1. The summed E-state index contributed by atoms with van der Waals surface area (Å²) in [6, 6.07) is 2.56. The standard InChI is InChI=1S/C12H13BrF2OS/c13-9-1-2-10(14)8(12(9)15)5-11(16)7-3-4-17-6-7/h1-2,7,11,16H,3-6H2. The molecule has 1 fully saturated rings. The number of hydrogen-bond donors (Lipinski definition) is 1. The van der Waals surface area contributed by atoms with Crippen LogP contribution in [0.25, 0.3) is 0 Å². The van der Waals surface area contributed by atoms with Gasteiger partial charge in [0.25, 0.3) is 0 Å². The first-order valence-corrected chi connectivity index (χ1v) is 7.42. The zero-order chi connectivity index (χ0) is 12.4. The van der Waals surface area contributed by atoms with E-state index in [9.17, 15) is 13.9 Å². The van der Waals surface area contributed by atoms with Crippen molar-refractivity contribution in [2.24, 2.45) is 5.92 Å². The van der Waals surface area contributed by atoms with Crippen molar-refractivity contribution in [3.05, 3.63) is 33.8 Å². The molecule has 0 amide bonds. The fourth-order valence-electron chi connectivity index (χ4n) is 1.99. The van der Waals surface area contributed by atoms with E-state index in [0.29, 0.717) is 0 Å². The lowest BCUT2D eigenvalue weighted by Gasteiger charge is -2.18. The predicted octanol–water partition coefficient (Wildman–Crippen LogP) is 3.38. The van der Waals surface area contributed by atoms with Gasteiger partial charge in [-0.3, -0.25) is 0 Å². The molecule has 0 spiro atoms. The van der Waals surface area contributed by atoms with Gasteiger partial charge in [-0.1, -0.05) is 0 Å². The topological polar surface area (TPSA) is 20.2 Å². The Bertz CT molecular complexity index is 408. The Balaban J connectivity index is 2.14. The van der Waals surface area contributed by atoms with Crippen LogP contribution in [0.4, 0.5) is 8.78 Å². The average Bonchev–Trinajstić information content (AvgIpc) is 2.83. The second-order valence-corrected chi connectivity index (χ2v) is 6.22. The molecule has 1 nitrogen and oxygen atoms in total. The van der Waals surface area contributed by atoms with Crippen LogP contribution < -0.4 is 0 Å². The molecule has 5 heteroatoms. The lowest BCUT2D eigenvalue weighted by molar-refractivity contribution is 0.118. The molecule has 0 radical (unpaired) electrons. The quantitative estimate of drug-likeness (QED) is 0.861. The molecule has 1 aromatic rings. The number of aliphatic hydroxyl groups is 1. The first-order chi connectivity index (χ1) is 8.09. The van der Waals surface area contributed by atoms with Crippen molar-refractivity contribution in [1.29, 1.82) is 0 Å². The molecule has 1 aromatic carbocycles. The maximum absolute atomic E-state index is 13.7. The van der Waals surface area contributed by atoms with Gasteiger partial charge in [0.2, 0.25) is 0 Å². The van der Waals surface area contributed by atoms with Gasteiger partial charge < -0.3 is 5.11 Å². The zero-order valence-electron chi connectivity index (χ0n) is 9.13. The Hall–Kier alpha value is -0.130. The van der Waals surface area contributed by atoms with Crippen molar-refractivity contribution in [3.63, 3.8) is 0 Å². The molecule has 1 aliphatic rings. The van der Waals surface area contributed by atoms with E-state index in [2.05, 4.69) is 15.9 Å². The van der Waals surface area contributed by atoms with Crippen LogP contribution in [0.1, 0.15) is 12.0 Å². The molecule has 2 unspecified atom stereocenters. The summed E-state index contributed by atoms with van der Waals surface area (Å²) < 4.78 is 27.4. The van der Waals surface area contributed by atoms with Gasteiger partial charge in [0.05, 0.1) is 10.6 Å². The predicted molar refractivity (Wildman–Crippen MR) is 69.2 cm³/mol. The fraction of sp³-hybridized carbons (Fsp3) is 0.500. The molecule has 0 bridgehead atoms. The van der Waals surface area contributed by atoms with Crippen LogP contribution in [-0.2, 0) is 6.42 Å². The van der Waals surface area contributed by atoms with Gasteiger partial charge in [-0.2, -0.15) is 11.8 Å². The monoisotopic (exact) mass is 322 g/mol. The van der Waals surface area contributed by atoms with E-state index in [1.807, 2.05) is 0 Å². The van der Waals surface area contributed by atoms with Crippen LogP contribution in [0.2, 0.25) is 0 Å². The smallest absolute Gasteiger partial charge is 0.143 e. The Kier molecular flexibility index (Phi) is 4.44. The molecular formula is C12H13BrF2OS. The van der Waals surface area contributed by atoms with Gasteiger partial charge in [-0.05, 0) is 51.9 Å². The number of aliphatic hydroxyl groups excluding tert-OH is 1. The van der Waals surface area contributed by atoms with Crippen LogP contribution in [-0.4, -0.2) is 22.7 Å². The highest BCUT2D eigenvalue weighted by Crippen LogP contribution is 2.29. The minimum Gasteiger partial charge on any atom is -0.392 e. The lowest BCUT2D eigenvalue weighted by atomic mass is 9.95. The molecule has 0 aromatic heterocycles. The Morgan fingerprint density at radius 2 is 2.24 bits per heavy atom. The highest BCUT2D eigenvalue weighted by atomic mass is 79.9. The van der Waals surface area contributed by atoms with Gasteiger partial charge in [0.1, 0.15) is 11.6 Å². The summed E-state index contributed by atoms with van der Waals surface area (Å²) in [6.45, 7) is 0. The molecule has 0 aliphatic carbocycles. The Morgan fingerprint density at radius 3 is 2.88 bits per heavy atom. The van der Waals surface area contributed by atoms with E-state index in [-0.39, 0.29) is 22.4 Å². The minimum absolute atomic E-state index is 0.0243. The van der Waals surface area contributed by atoms with Crippen LogP contribution in [0.3, 0.4) is 0 Å². The highest BCUT2D eigenvalue weighted by Gasteiger charge is 2.26. The molecule has 1 heterocycles. The van der Waals surface area contributed by atoms with Gasteiger partial charge in [0.15, 0.2) is 0 Å². The van der Waals surface area contributed by atoms with Gasteiger partial charge in [-0.15, -0.1) is 0 Å². The molecule has 1 aliphatic heterocycles. The van der Waals surface area contributed by atoms with Crippen LogP contribution in [0, 0.1) is 17.6 Å². The number of halogens is 3. The Labute approximate surface area is 112 Å². The third-order valence-electron chi connectivity index (χ3n) is 3.06. The second kappa shape index (κ2) is 5.67. The van der Waals surface area contributed by atoms with E-state index in [1.54, 1.807) is 11.8 Å². The summed E-state index contributed by atoms with van der Waals surface area (Å²) >= 11 is 4.80. The number of benzene rings is 1. The van der Waals surface area contributed by atoms with Crippen LogP contribution >= 0.6 is 27.7 Å². The van der Waals surface area contributed by atoms with Gasteiger partial charge >= 0.3 is 0 Å². The largest absolute Gasteiger partial charge is 0.392 e. The molecule has 94 valence electrons. The molecule has 0 saturated carbocycles. The van der Waals surface area contributed by atoms with Crippen molar-refractivity contribution in [1.82, 2.24) is 0 Å². The van der Waals surface area contributed by atoms with Crippen molar-refractivity contribution in [2.45, 2.75) is 18.9 Å². The Morgan fingerprint density at radius 1 is 1.47 bits per heavy atom. The molecular weight excluding hydrogens is 310 g/mol. The molecule has 1 N–H and O–H groups in total. The zero-order valence-corrected chi connectivity index (χ0v) is 11.5. The summed E-state index contributed by atoms with van der Waals surface area (Å²) in [7, 11) is 0. The van der Waals surface area contributed by atoms with Crippen molar-refractivity contribution in [3.8, 4) is 0 Å². The van der Waals surface area contributed by atoms with Crippen molar-refractivity contribution < 1.29 is 13.9 Å². The van der Waals surface area contributed by atoms with Crippen molar-refractivity contribution in [2.75, 3.05) is 11.5 Å². The molecule has 2 atom stereocenters. The number of hydrogen-bond acceptors (Lipinski definition) is 2. The first kappa shape index (κ1) is 13.3. The van der Waals surface area contributed by atoms with E-state index in [1.165, 1.54) is 12.1 Å².